The minimum atomic E-state index is -3.39. The maximum atomic E-state index is 12.6. The second kappa shape index (κ2) is 6.85. The van der Waals surface area contributed by atoms with Gasteiger partial charge < -0.3 is 5.73 Å². The SMILES string of the molecule is CCCc1ccc(S(=O)(=O)N2CCC(C(N)=S)CC2)cc1. The molecule has 1 aromatic rings. The van der Waals surface area contributed by atoms with Crippen LogP contribution in [-0.4, -0.2) is 30.8 Å². The lowest BCUT2D eigenvalue weighted by molar-refractivity contribution is 0.316. The largest absolute Gasteiger partial charge is 0.393 e. The Morgan fingerprint density at radius 3 is 2.33 bits per heavy atom. The van der Waals surface area contributed by atoms with Crippen molar-refractivity contribution in [1.29, 1.82) is 0 Å². The number of rotatable bonds is 5. The highest BCUT2D eigenvalue weighted by molar-refractivity contribution is 7.89. The zero-order valence-electron chi connectivity index (χ0n) is 12.3. The molecule has 116 valence electrons. The smallest absolute Gasteiger partial charge is 0.243 e. The number of aryl methyl sites for hydroxylation is 1. The molecule has 1 aliphatic rings. The number of hydrogen-bond donors (Lipinski definition) is 1. The monoisotopic (exact) mass is 326 g/mol. The Kier molecular flexibility index (Phi) is 5.35. The molecule has 2 rings (SSSR count). The molecule has 1 fully saturated rings. The zero-order chi connectivity index (χ0) is 15.5. The molecule has 0 aromatic heterocycles. The van der Waals surface area contributed by atoms with Gasteiger partial charge in [-0.2, -0.15) is 4.31 Å². The lowest BCUT2D eigenvalue weighted by Crippen LogP contribution is -2.41. The van der Waals surface area contributed by atoms with Crippen LogP contribution in [0.3, 0.4) is 0 Å². The summed E-state index contributed by atoms with van der Waals surface area (Å²) in [5.41, 5.74) is 6.81. The molecule has 21 heavy (non-hydrogen) atoms. The molecule has 0 radical (unpaired) electrons. The molecule has 0 bridgehead atoms. The van der Waals surface area contributed by atoms with E-state index in [2.05, 4.69) is 6.92 Å². The molecule has 0 aliphatic carbocycles. The van der Waals surface area contributed by atoms with Crippen molar-refractivity contribution in [3.05, 3.63) is 29.8 Å². The van der Waals surface area contributed by atoms with E-state index in [9.17, 15) is 8.42 Å². The van der Waals surface area contributed by atoms with E-state index >= 15 is 0 Å². The van der Waals surface area contributed by atoms with Crippen molar-refractivity contribution in [2.75, 3.05) is 13.1 Å². The van der Waals surface area contributed by atoms with Gasteiger partial charge in [0, 0.05) is 19.0 Å². The van der Waals surface area contributed by atoms with Gasteiger partial charge in [0.2, 0.25) is 10.0 Å². The van der Waals surface area contributed by atoms with E-state index in [4.69, 9.17) is 18.0 Å². The van der Waals surface area contributed by atoms with Crippen LogP contribution < -0.4 is 5.73 Å². The van der Waals surface area contributed by atoms with Gasteiger partial charge in [-0.3, -0.25) is 0 Å². The van der Waals surface area contributed by atoms with E-state index < -0.39 is 10.0 Å². The summed E-state index contributed by atoms with van der Waals surface area (Å²) >= 11 is 4.99. The summed E-state index contributed by atoms with van der Waals surface area (Å²) < 4.78 is 26.7. The summed E-state index contributed by atoms with van der Waals surface area (Å²) in [6, 6.07) is 7.22. The van der Waals surface area contributed by atoms with Gasteiger partial charge in [-0.25, -0.2) is 8.42 Å². The fraction of sp³-hybridized carbons (Fsp3) is 0.533. The number of nitrogens with zero attached hydrogens (tertiary/aromatic N) is 1. The molecule has 0 saturated carbocycles. The highest BCUT2D eigenvalue weighted by Gasteiger charge is 2.30. The van der Waals surface area contributed by atoms with Gasteiger partial charge in [0.05, 0.1) is 9.88 Å². The van der Waals surface area contributed by atoms with E-state index in [1.54, 1.807) is 12.1 Å². The van der Waals surface area contributed by atoms with Gasteiger partial charge in [0.1, 0.15) is 0 Å². The van der Waals surface area contributed by atoms with Crippen LogP contribution in [0, 0.1) is 5.92 Å². The molecular weight excluding hydrogens is 304 g/mol. The van der Waals surface area contributed by atoms with Crippen LogP contribution in [-0.2, 0) is 16.4 Å². The van der Waals surface area contributed by atoms with Gasteiger partial charge in [-0.1, -0.05) is 37.7 Å². The Bertz CT molecular complexity index is 589. The van der Waals surface area contributed by atoms with Crippen LogP contribution in [0.4, 0.5) is 0 Å². The second-order valence-corrected chi connectivity index (χ2v) is 7.88. The van der Waals surface area contributed by atoms with Crippen molar-refractivity contribution in [1.82, 2.24) is 4.31 Å². The lowest BCUT2D eigenvalue weighted by atomic mass is 9.98. The fourth-order valence-electron chi connectivity index (χ4n) is 2.65. The summed E-state index contributed by atoms with van der Waals surface area (Å²) in [4.78, 5) is 0.868. The first-order valence-electron chi connectivity index (χ1n) is 7.33. The molecular formula is C15H22N2O2S2. The molecule has 0 amide bonds. The van der Waals surface area contributed by atoms with Crippen molar-refractivity contribution < 1.29 is 8.42 Å². The van der Waals surface area contributed by atoms with Crippen molar-refractivity contribution in [2.45, 2.75) is 37.5 Å². The van der Waals surface area contributed by atoms with E-state index in [-0.39, 0.29) is 5.92 Å². The molecule has 0 unspecified atom stereocenters. The molecule has 0 atom stereocenters. The van der Waals surface area contributed by atoms with Gasteiger partial charge in [-0.05, 0) is 37.0 Å². The maximum Gasteiger partial charge on any atom is 0.243 e. The molecule has 2 N–H and O–H groups in total. The number of sulfonamides is 1. The zero-order valence-corrected chi connectivity index (χ0v) is 13.9. The standard InChI is InChI=1S/C15H22N2O2S2/c1-2-3-12-4-6-14(7-5-12)21(18,19)17-10-8-13(9-11-17)15(16)20/h4-7,13H,2-3,8-11H2,1H3,(H2,16,20). The van der Waals surface area contributed by atoms with Crippen molar-refractivity contribution in [2.24, 2.45) is 11.7 Å². The van der Waals surface area contributed by atoms with Crippen LogP contribution in [0.2, 0.25) is 0 Å². The average Bonchev–Trinajstić information content (AvgIpc) is 2.48. The lowest BCUT2D eigenvalue weighted by Gasteiger charge is -2.30. The summed E-state index contributed by atoms with van der Waals surface area (Å²) in [7, 11) is -3.39. The highest BCUT2D eigenvalue weighted by atomic mass is 32.2. The fourth-order valence-corrected chi connectivity index (χ4v) is 4.35. The van der Waals surface area contributed by atoms with E-state index in [0.717, 1.165) is 12.8 Å². The Balaban J connectivity index is 2.10. The van der Waals surface area contributed by atoms with Crippen LogP contribution in [0.15, 0.2) is 29.2 Å². The van der Waals surface area contributed by atoms with Gasteiger partial charge >= 0.3 is 0 Å². The van der Waals surface area contributed by atoms with E-state index in [1.807, 2.05) is 12.1 Å². The van der Waals surface area contributed by atoms with Crippen LogP contribution in [0.25, 0.3) is 0 Å². The van der Waals surface area contributed by atoms with Crippen LogP contribution in [0.5, 0.6) is 0 Å². The number of piperidine rings is 1. The molecule has 0 spiro atoms. The third-order valence-corrected chi connectivity index (χ3v) is 6.20. The predicted octanol–water partition coefficient (Wildman–Crippen LogP) is 2.33. The Morgan fingerprint density at radius 2 is 1.86 bits per heavy atom. The number of hydrogen-bond acceptors (Lipinski definition) is 3. The molecule has 1 aliphatic heterocycles. The van der Waals surface area contributed by atoms with Gasteiger partial charge in [-0.15, -0.1) is 0 Å². The van der Waals surface area contributed by atoms with Crippen molar-refractivity contribution in [3.63, 3.8) is 0 Å². The third-order valence-electron chi connectivity index (χ3n) is 3.96. The molecule has 1 aromatic carbocycles. The Morgan fingerprint density at radius 1 is 1.29 bits per heavy atom. The molecule has 1 saturated heterocycles. The Labute approximate surface area is 132 Å². The van der Waals surface area contributed by atoms with E-state index in [0.29, 0.717) is 35.8 Å². The van der Waals surface area contributed by atoms with Gasteiger partial charge in [0.25, 0.3) is 0 Å². The minimum Gasteiger partial charge on any atom is -0.393 e. The number of thiocarbonyl (C=S) groups is 1. The predicted molar refractivity (Wildman–Crippen MR) is 88.7 cm³/mol. The number of benzene rings is 1. The summed E-state index contributed by atoms with van der Waals surface area (Å²) in [6.07, 6.45) is 3.45. The Hall–Kier alpha value is -0.980. The first-order chi connectivity index (χ1) is 9.95. The third kappa shape index (κ3) is 3.81. The summed E-state index contributed by atoms with van der Waals surface area (Å²) in [5, 5.41) is 0. The molecule has 4 nitrogen and oxygen atoms in total. The van der Waals surface area contributed by atoms with Crippen molar-refractivity contribution >= 4 is 27.2 Å². The maximum absolute atomic E-state index is 12.6. The number of nitrogens with two attached hydrogens (primary N) is 1. The molecule has 1 heterocycles. The summed E-state index contributed by atoms with van der Waals surface area (Å²) in [6.45, 7) is 3.08. The quantitative estimate of drug-likeness (QED) is 0.844. The van der Waals surface area contributed by atoms with E-state index in [1.165, 1.54) is 9.87 Å². The topological polar surface area (TPSA) is 63.4 Å². The minimum absolute atomic E-state index is 0.165. The van der Waals surface area contributed by atoms with Crippen LogP contribution in [0.1, 0.15) is 31.7 Å². The first kappa shape index (κ1) is 16.4. The first-order valence-corrected chi connectivity index (χ1v) is 9.18. The molecule has 6 heteroatoms. The summed E-state index contributed by atoms with van der Waals surface area (Å²) in [5.74, 6) is 0.165. The van der Waals surface area contributed by atoms with Crippen molar-refractivity contribution in [3.8, 4) is 0 Å². The second-order valence-electron chi connectivity index (χ2n) is 5.47. The van der Waals surface area contributed by atoms with Crippen LogP contribution >= 0.6 is 12.2 Å². The normalized spacial score (nSPS) is 17.8. The van der Waals surface area contributed by atoms with Gasteiger partial charge in [0.15, 0.2) is 0 Å². The average molecular weight is 326 g/mol. The highest BCUT2D eigenvalue weighted by Crippen LogP contribution is 2.24.